The van der Waals surface area contributed by atoms with E-state index in [-0.39, 0.29) is 42.4 Å². The van der Waals surface area contributed by atoms with Crippen LogP contribution in [0.1, 0.15) is 6.92 Å². The summed E-state index contributed by atoms with van der Waals surface area (Å²) in [7, 11) is 1.35. The third-order valence-corrected chi connectivity index (χ3v) is 3.53. The molecule has 23 heavy (non-hydrogen) atoms. The highest BCUT2D eigenvalue weighted by Gasteiger charge is 2.23. The Bertz CT molecular complexity index is 569. The number of nitrogens with one attached hydrogen (secondary N) is 1. The second kappa shape index (κ2) is 8.54. The van der Waals surface area contributed by atoms with Gasteiger partial charge in [0.2, 0.25) is 5.75 Å². The van der Waals surface area contributed by atoms with E-state index in [0.29, 0.717) is 12.3 Å². The van der Waals surface area contributed by atoms with Crippen molar-refractivity contribution >= 4 is 24.0 Å². The standard InChI is InChI=1S/C14H19N3O5.ClH/c1-10-8-15-5-6-16(10)14(18)9-22-11-3-4-12(17(19)20)13(7-11)21-2;/h3-4,7,10,15H,5-6,8-9H2,1-2H3;1H/t10-;/m0./s1. The Hall–Kier alpha value is -2.06. The highest BCUT2D eigenvalue weighted by atomic mass is 35.5. The number of halogens is 1. The summed E-state index contributed by atoms with van der Waals surface area (Å²) in [5.41, 5.74) is -0.142. The monoisotopic (exact) mass is 345 g/mol. The number of carbonyl (C=O) groups is 1. The maximum absolute atomic E-state index is 12.1. The molecule has 1 aliphatic rings. The molecule has 8 nitrogen and oxygen atoms in total. The van der Waals surface area contributed by atoms with Crippen LogP contribution in [0.15, 0.2) is 18.2 Å². The van der Waals surface area contributed by atoms with Crippen LogP contribution in [0, 0.1) is 10.1 Å². The maximum atomic E-state index is 12.1. The van der Waals surface area contributed by atoms with E-state index in [4.69, 9.17) is 9.47 Å². The highest BCUT2D eigenvalue weighted by Crippen LogP contribution is 2.30. The van der Waals surface area contributed by atoms with Gasteiger partial charge in [-0.1, -0.05) is 0 Å². The second-order valence-corrected chi connectivity index (χ2v) is 5.02. The van der Waals surface area contributed by atoms with Gasteiger partial charge >= 0.3 is 5.69 Å². The summed E-state index contributed by atoms with van der Waals surface area (Å²) in [6.45, 7) is 4.04. The fraction of sp³-hybridized carbons (Fsp3) is 0.500. The van der Waals surface area contributed by atoms with E-state index in [1.807, 2.05) is 6.92 Å². The minimum absolute atomic E-state index is 0. The first-order valence-electron chi connectivity index (χ1n) is 6.98. The van der Waals surface area contributed by atoms with Crippen LogP contribution in [0.3, 0.4) is 0 Å². The van der Waals surface area contributed by atoms with Gasteiger partial charge in [0.1, 0.15) is 5.75 Å². The fourth-order valence-electron chi connectivity index (χ4n) is 2.34. The number of rotatable bonds is 5. The van der Waals surface area contributed by atoms with Crippen molar-refractivity contribution in [3.8, 4) is 11.5 Å². The van der Waals surface area contributed by atoms with E-state index in [1.165, 1.54) is 25.3 Å². The van der Waals surface area contributed by atoms with E-state index < -0.39 is 4.92 Å². The van der Waals surface area contributed by atoms with Gasteiger partial charge in [0.25, 0.3) is 5.91 Å². The van der Waals surface area contributed by atoms with Crippen molar-refractivity contribution in [3.05, 3.63) is 28.3 Å². The van der Waals surface area contributed by atoms with Crippen molar-refractivity contribution < 1.29 is 19.2 Å². The number of carbonyl (C=O) groups excluding carboxylic acids is 1. The summed E-state index contributed by atoms with van der Waals surface area (Å²) >= 11 is 0. The lowest BCUT2D eigenvalue weighted by Gasteiger charge is -2.33. The second-order valence-electron chi connectivity index (χ2n) is 5.02. The van der Waals surface area contributed by atoms with Gasteiger partial charge in [0.15, 0.2) is 6.61 Å². The van der Waals surface area contributed by atoms with E-state index >= 15 is 0 Å². The molecule has 0 radical (unpaired) electrons. The molecule has 128 valence electrons. The molecule has 2 rings (SSSR count). The summed E-state index contributed by atoms with van der Waals surface area (Å²) in [5, 5.41) is 14.0. The summed E-state index contributed by atoms with van der Waals surface area (Å²) in [6, 6.07) is 4.28. The number of nitrogens with zero attached hydrogens (tertiary/aromatic N) is 2. The van der Waals surface area contributed by atoms with Crippen molar-refractivity contribution in [2.45, 2.75) is 13.0 Å². The molecular weight excluding hydrogens is 326 g/mol. The molecule has 1 aromatic carbocycles. The lowest BCUT2D eigenvalue weighted by Crippen LogP contribution is -2.53. The van der Waals surface area contributed by atoms with Crippen molar-refractivity contribution in [3.63, 3.8) is 0 Å². The van der Waals surface area contributed by atoms with Crippen LogP contribution < -0.4 is 14.8 Å². The number of hydrogen-bond donors (Lipinski definition) is 1. The number of benzene rings is 1. The number of nitro benzene ring substituents is 1. The lowest BCUT2D eigenvalue weighted by molar-refractivity contribution is -0.385. The normalized spacial score (nSPS) is 17.1. The van der Waals surface area contributed by atoms with Crippen molar-refractivity contribution in [1.29, 1.82) is 0 Å². The van der Waals surface area contributed by atoms with Gasteiger partial charge in [0.05, 0.1) is 12.0 Å². The van der Waals surface area contributed by atoms with Gasteiger partial charge in [-0.2, -0.15) is 0 Å². The average Bonchev–Trinajstić information content (AvgIpc) is 2.52. The number of ether oxygens (including phenoxy) is 2. The van der Waals surface area contributed by atoms with Crippen LogP contribution >= 0.6 is 12.4 Å². The largest absolute Gasteiger partial charge is 0.490 e. The highest BCUT2D eigenvalue weighted by molar-refractivity contribution is 5.85. The van der Waals surface area contributed by atoms with Crippen LogP contribution in [-0.2, 0) is 4.79 Å². The van der Waals surface area contributed by atoms with Crippen LogP contribution in [0.5, 0.6) is 11.5 Å². The Labute approximate surface area is 140 Å². The zero-order valence-electron chi connectivity index (χ0n) is 13.0. The summed E-state index contributed by atoms with van der Waals surface area (Å²) < 4.78 is 10.4. The molecular formula is C14H20ClN3O5. The number of nitro groups is 1. The van der Waals surface area contributed by atoms with E-state index in [1.54, 1.807) is 4.90 Å². The van der Waals surface area contributed by atoms with E-state index in [9.17, 15) is 14.9 Å². The summed E-state index contributed by atoms with van der Waals surface area (Å²) in [4.78, 5) is 24.2. The molecule has 1 heterocycles. The molecule has 1 fully saturated rings. The fourth-order valence-corrected chi connectivity index (χ4v) is 2.34. The minimum Gasteiger partial charge on any atom is -0.490 e. The molecule has 0 unspecified atom stereocenters. The Morgan fingerprint density at radius 3 is 2.87 bits per heavy atom. The first-order chi connectivity index (χ1) is 10.5. The van der Waals surface area contributed by atoms with Gasteiger partial charge in [-0.25, -0.2) is 0 Å². The van der Waals surface area contributed by atoms with Gasteiger partial charge < -0.3 is 19.7 Å². The molecule has 0 saturated carbocycles. The predicted octanol–water partition coefficient (Wildman–Crippen LogP) is 1.22. The van der Waals surface area contributed by atoms with Gasteiger partial charge in [0, 0.05) is 37.8 Å². The van der Waals surface area contributed by atoms with Crippen molar-refractivity contribution in [2.75, 3.05) is 33.4 Å². The maximum Gasteiger partial charge on any atom is 0.311 e. The molecule has 1 saturated heterocycles. The molecule has 1 amide bonds. The van der Waals surface area contributed by atoms with E-state index in [2.05, 4.69) is 5.32 Å². The molecule has 0 bridgehead atoms. The zero-order valence-corrected chi connectivity index (χ0v) is 13.8. The number of hydrogen-bond acceptors (Lipinski definition) is 6. The number of amides is 1. The van der Waals surface area contributed by atoms with Crippen LogP contribution in [0.4, 0.5) is 5.69 Å². The molecule has 0 aliphatic carbocycles. The third kappa shape index (κ3) is 4.70. The molecule has 1 aliphatic heterocycles. The van der Waals surface area contributed by atoms with Crippen LogP contribution in [0.2, 0.25) is 0 Å². The Kier molecular flexibility index (Phi) is 7.05. The summed E-state index contributed by atoms with van der Waals surface area (Å²) in [5.74, 6) is 0.357. The smallest absolute Gasteiger partial charge is 0.311 e. The molecule has 1 atom stereocenters. The van der Waals surface area contributed by atoms with Crippen LogP contribution in [0.25, 0.3) is 0 Å². The Morgan fingerprint density at radius 1 is 1.52 bits per heavy atom. The lowest BCUT2D eigenvalue weighted by atomic mass is 10.2. The molecule has 1 N–H and O–H groups in total. The minimum atomic E-state index is -0.532. The van der Waals surface area contributed by atoms with Crippen molar-refractivity contribution in [2.24, 2.45) is 0 Å². The molecule has 9 heteroatoms. The number of piperazine rings is 1. The molecule has 1 aromatic rings. The van der Waals surface area contributed by atoms with Gasteiger partial charge in [-0.3, -0.25) is 14.9 Å². The van der Waals surface area contributed by atoms with Crippen molar-refractivity contribution in [1.82, 2.24) is 10.2 Å². The molecule has 0 spiro atoms. The third-order valence-electron chi connectivity index (χ3n) is 3.53. The first-order valence-corrected chi connectivity index (χ1v) is 6.98. The SMILES string of the molecule is COc1cc(OCC(=O)N2CCNC[C@@H]2C)ccc1[N+](=O)[O-].Cl. The number of methoxy groups -OCH3 is 1. The van der Waals surface area contributed by atoms with E-state index in [0.717, 1.165) is 13.1 Å². The van der Waals surface area contributed by atoms with Crippen LogP contribution in [-0.4, -0.2) is 55.1 Å². The molecule has 0 aromatic heterocycles. The zero-order chi connectivity index (χ0) is 16.1. The average molecular weight is 346 g/mol. The Balaban J connectivity index is 0.00000264. The Morgan fingerprint density at radius 2 is 2.26 bits per heavy atom. The first kappa shape index (κ1) is 19.0. The predicted molar refractivity (Wildman–Crippen MR) is 86.4 cm³/mol. The summed E-state index contributed by atoms with van der Waals surface area (Å²) in [6.07, 6.45) is 0. The quantitative estimate of drug-likeness (QED) is 0.637. The topological polar surface area (TPSA) is 93.9 Å². The van der Waals surface area contributed by atoms with Gasteiger partial charge in [-0.05, 0) is 13.0 Å². The van der Waals surface area contributed by atoms with Gasteiger partial charge in [-0.15, -0.1) is 12.4 Å².